The average Bonchev–Trinajstić information content (AvgIpc) is 3.42. The fourth-order valence-electron chi connectivity index (χ4n) is 6.02. The number of nitrogens with zero attached hydrogens (tertiary/aromatic N) is 3. The second kappa shape index (κ2) is 8.22. The van der Waals surface area contributed by atoms with Crippen LogP contribution in [-0.2, 0) is 4.74 Å². The summed E-state index contributed by atoms with van der Waals surface area (Å²) in [6, 6.07) is 8.66. The third kappa shape index (κ3) is 4.10. The van der Waals surface area contributed by atoms with Crippen LogP contribution in [0.25, 0.3) is 10.9 Å². The largest absolute Gasteiger partial charge is 0.522 e. The molecule has 0 bridgehead atoms. The Bertz CT molecular complexity index is 1090. The summed E-state index contributed by atoms with van der Waals surface area (Å²) in [7, 11) is 0. The molecule has 1 aliphatic carbocycles. The van der Waals surface area contributed by atoms with E-state index in [1.807, 2.05) is 45.1 Å². The summed E-state index contributed by atoms with van der Waals surface area (Å²) in [5.41, 5.74) is 4.83. The number of H-pyrrole nitrogens is 1. The van der Waals surface area contributed by atoms with Crippen molar-refractivity contribution >= 4 is 16.8 Å². The molecule has 7 nitrogen and oxygen atoms in total. The van der Waals surface area contributed by atoms with Crippen molar-refractivity contribution < 1.29 is 24.1 Å². The first-order chi connectivity index (χ1) is 16.7. The van der Waals surface area contributed by atoms with Crippen LogP contribution in [0, 0.1) is 5.92 Å². The lowest BCUT2D eigenvalue weighted by Crippen LogP contribution is -2.51. The molecule has 2 aromatic rings. The maximum atomic E-state index is 13.4. The number of hydrogen-bond donors (Lipinski definition) is 2. The predicted octanol–water partition coefficient (Wildman–Crippen LogP) is 2.96. The second-order valence-corrected chi connectivity index (χ2v) is 9.99. The van der Waals surface area contributed by atoms with Crippen molar-refractivity contribution in [3.63, 3.8) is 0 Å². The van der Waals surface area contributed by atoms with E-state index in [1.54, 1.807) is 0 Å². The molecule has 1 amide bonds. The molecular formula is C24H30F3N5O2. The number of halogens is 3. The van der Waals surface area contributed by atoms with Gasteiger partial charge >= 0.3 is 6.36 Å². The van der Waals surface area contributed by atoms with Gasteiger partial charge in [-0.2, -0.15) is 0 Å². The van der Waals surface area contributed by atoms with Crippen molar-refractivity contribution in [2.24, 2.45) is 5.92 Å². The summed E-state index contributed by atoms with van der Waals surface area (Å²) in [6.07, 6.45) is -1.25. The van der Waals surface area contributed by atoms with Crippen LogP contribution < -0.4 is 5.43 Å². The standard InChI is InChI=1S/C24H30F3N5O2/c25-24(26,27)34-12-11-31-15-21-17-14-30(22(33)20-13-16-3-1-2-4-18(16)28-20)9-5-19(17)29-32(21)10-8-23(31)6-7-23/h1-4,13,17,19,21,28-29H,5-12,14-15H2/i21D. The number of amides is 1. The maximum absolute atomic E-state index is 13.4. The van der Waals surface area contributed by atoms with Gasteiger partial charge in [0.05, 0.1) is 6.61 Å². The Balaban J connectivity index is 1.20. The maximum Gasteiger partial charge on any atom is 0.522 e. The van der Waals surface area contributed by atoms with Crippen molar-refractivity contribution in [1.82, 2.24) is 25.2 Å². The lowest BCUT2D eigenvalue weighted by atomic mass is 9.87. The number of alkyl halides is 3. The summed E-state index contributed by atoms with van der Waals surface area (Å²) in [4.78, 5) is 20.5. The fraction of sp³-hybridized carbons (Fsp3) is 0.625. The number of aromatic amines is 1. The summed E-state index contributed by atoms with van der Waals surface area (Å²) < 4.78 is 51.4. The van der Waals surface area contributed by atoms with Gasteiger partial charge in [-0.3, -0.25) is 19.9 Å². The molecular weight excluding hydrogens is 447 g/mol. The highest BCUT2D eigenvalue weighted by atomic mass is 19.4. The number of ether oxygens (including phenoxy) is 1. The molecule has 3 aliphatic heterocycles. The van der Waals surface area contributed by atoms with Crippen molar-refractivity contribution in [3.8, 4) is 0 Å². The number of rotatable bonds is 4. The molecule has 3 saturated heterocycles. The number of nitrogens with one attached hydrogen (secondary N) is 2. The van der Waals surface area contributed by atoms with Crippen molar-refractivity contribution in [3.05, 3.63) is 36.0 Å². The van der Waals surface area contributed by atoms with Gasteiger partial charge in [0, 0.05) is 68.5 Å². The lowest BCUT2D eigenvalue weighted by molar-refractivity contribution is -0.325. The summed E-state index contributed by atoms with van der Waals surface area (Å²) in [5, 5.41) is 2.97. The molecule has 3 unspecified atom stereocenters. The predicted molar refractivity (Wildman–Crippen MR) is 120 cm³/mol. The van der Waals surface area contributed by atoms with Crippen molar-refractivity contribution in [1.29, 1.82) is 0 Å². The van der Waals surface area contributed by atoms with Gasteiger partial charge in [-0.25, -0.2) is 5.01 Å². The first-order valence-corrected chi connectivity index (χ1v) is 12.0. The molecule has 1 aromatic carbocycles. The molecule has 3 atom stereocenters. The number of piperidine rings is 1. The molecule has 4 fully saturated rings. The van der Waals surface area contributed by atoms with Crippen LogP contribution in [0.2, 0.25) is 0 Å². The molecule has 34 heavy (non-hydrogen) atoms. The molecule has 1 saturated carbocycles. The Morgan fingerprint density at radius 1 is 1.21 bits per heavy atom. The molecule has 184 valence electrons. The van der Waals surface area contributed by atoms with Crippen LogP contribution in [0.4, 0.5) is 13.2 Å². The highest BCUT2D eigenvalue weighted by Gasteiger charge is 2.54. The van der Waals surface area contributed by atoms with E-state index in [0.29, 0.717) is 31.9 Å². The topological polar surface area (TPSA) is 63.8 Å². The Hall–Kier alpha value is -2.14. The Labute approximate surface area is 197 Å². The quantitative estimate of drug-likeness (QED) is 0.708. The van der Waals surface area contributed by atoms with Crippen LogP contribution in [0.5, 0.6) is 0 Å². The van der Waals surface area contributed by atoms with Crippen LogP contribution in [0.3, 0.4) is 0 Å². The first-order valence-electron chi connectivity index (χ1n) is 12.5. The minimum absolute atomic E-state index is 0.0702. The SMILES string of the molecule is [2H]C12CN(CCOC(F)(F)F)C3(CCN1NC1CCN(C(=O)c4cc5ccccc5[nH]4)CC12)CC3. The number of hydrogen-bond acceptors (Lipinski definition) is 5. The van der Waals surface area contributed by atoms with E-state index in [-0.39, 0.29) is 30.0 Å². The molecule has 1 spiro atoms. The van der Waals surface area contributed by atoms with Gasteiger partial charge in [0.25, 0.3) is 5.91 Å². The zero-order valence-corrected chi connectivity index (χ0v) is 18.9. The lowest BCUT2D eigenvalue weighted by Gasteiger charge is -2.38. The van der Waals surface area contributed by atoms with E-state index in [0.717, 1.165) is 36.6 Å². The van der Waals surface area contributed by atoms with E-state index in [2.05, 4.69) is 15.1 Å². The number of fused-ring (bicyclic) bond motifs is 4. The van der Waals surface area contributed by atoms with E-state index in [9.17, 15) is 19.3 Å². The van der Waals surface area contributed by atoms with Gasteiger partial charge < -0.3 is 9.88 Å². The minimum atomic E-state index is -4.65. The number of carbonyl (C=O) groups is 1. The molecule has 4 aliphatic rings. The highest BCUT2D eigenvalue weighted by molar-refractivity contribution is 5.98. The Kier molecular flexibility index (Phi) is 5.12. The summed E-state index contributed by atoms with van der Waals surface area (Å²) >= 11 is 0. The number of likely N-dealkylation sites (tertiary alicyclic amines) is 1. The number of carbonyl (C=O) groups excluding carboxylic acids is 1. The smallest absolute Gasteiger partial charge is 0.351 e. The van der Waals surface area contributed by atoms with E-state index in [1.165, 1.54) is 0 Å². The van der Waals surface area contributed by atoms with Gasteiger partial charge in [0.2, 0.25) is 0 Å². The van der Waals surface area contributed by atoms with E-state index in [4.69, 9.17) is 0 Å². The summed E-state index contributed by atoms with van der Waals surface area (Å²) in [6.45, 7) is 1.74. The number of aromatic nitrogens is 1. The van der Waals surface area contributed by atoms with Crippen LogP contribution in [-0.4, -0.2) is 89.0 Å². The van der Waals surface area contributed by atoms with Crippen LogP contribution >= 0.6 is 0 Å². The van der Waals surface area contributed by atoms with Gasteiger partial charge in [-0.05, 0) is 37.8 Å². The molecule has 1 aromatic heterocycles. The second-order valence-electron chi connectivity index (χ2n) is 9.99. The van der Waals surface area contributed by atoms with Gasteiger partial charge in [-0.1, -0.05) is 18.2 Å². The van der Waals surface area contributed by atoms with E-state index < -0.39 is 19.0 Å². The molecule has 0 radical (unpaired) electrons. The van der Waals surface area contributed by atoms with Crippen molar-refractivity contribution in [2.45, 2.75) is 49.6 Å². The molecule has 10 heteroatoms. The number of hydrazine groups is 1. The fourth-order valence-corrected chi connectivity index (χ4v) is 6.02. The number of benzene rings is 1. The Morgan fingerprint density at radius 3 is 2.79 bits per heavy atom. The third-order valence-corrected chi connectivity index (χ3v) is 8.04. The highest BCUT2D eigenvalue weighted by Crippen LogP contribution is 2.48. The molecule has 4 heterocycles. The normalized spacial score (nSPS) is 31.9. The van der Waals surface area contributed by atoms with Crippen LogP contribution in [0.15, 0.2) is 30.3 Å². The third-order valence-electron chi connectivity index (χ3n) is 8.04. The molecule has 2 N–H and O–H groups in total. The molecule has 6 rings (SSSR count). The average molecular weight is 479 g/mol. The number of para-hydroxylation sites is 1. The first kappa shape index (κ1) is 21.2. The Morgan fingerprint density at radius 2 is 2.03 bits per heavy atom. The van der Waals surface area contributed by atoms with Gasteiger partial charge in [0.15, 0.2) is 0 Å². The zero-order chi connectivity index (χ0) is 24.4. The van der Waals surface area contributed by atoms with Crippen LogP contribution in [0.1, 0.15) is 37.5 Å². The monoisotopic (exact) mass is 478 g/mol. The van der Waals surface area contributed by atoms with Gasteiger partial charge in [0.1, 0.15) is 5.69 Å². The minimum Gasteiger partial charge on any atom is -0.351 e. The van der Waals surface area contributed by atoms with E-state index >= 15 is 0 Å². The van der Waals surface area contributed by atoms with Gasteiger partial charge in [-0.15, -0.1) is 13.2 Å². The summed E-state index contributed by atoms with van der Waals surface area (Å²) in [5.74, 6) is -0.228. The zero-order valence-electron chi connectivity index (χ0n) is 19.9. The van der Waals surface area contributed by atoms with Crippen molar-refractivity contribution in [2.75, 3.05) is 39.3 Å².